The van der Waals surface area contributed by atoms with Crippen LogP contribution in [0.25, 0.3) is 0 Å². The zero-order valence-electron chi connectivity index (χ0n) is 12.3. The summed E-state index contributed by atoms with van der Waals surface area (Å²) in [6.07, 6.45) is 10.3. The second kappa shape index (κ2) is 4.04. The molecule has 1 aromatic rings. The molecule has 0 saturated heterocycles. The molecule has 0 fully saturated rings. The predicted molar refractivity (Wildman–Crippen MR) is 73.6 cm³/mol. The second-order valence-corrected chi connectivity index (χ2v) is 6.81. The molecule has 0 spiro atoms. The normalized spacial score (nSPS) is 17.9. The van der Waals surface area contributed by atoms with Crippen molar-refractivity contribution in [3.05, 3.63) is 31.1 Å². The Morgan fingerprint density at radius 1 is 0.889 bits per heavy atom. The van der Waals surface area contributed by atoms with Gasteiger partial charge in [0.05, 0.1) is 6.33 Å². The van der Waals surface area contributed by atoms with Crippen molar-refractivity contribution < 1.29 is 0 Å². The summed E-state index contributed by atoms with van der Waals surface area (Å²) in [7, 11) is 0. The maximum absolute atomic E-state index is 4.18. The Kier molecular flexibility index (Phi) is 2.92. The third-order valence-corrected chi connectivity index (χ3v) is 3.23. The van der Waals surface area contributed by atoms with Crippen LogP contribution in [0.5, 0.6) is 0 Å². The number of nitrogens with zero attached hydrogens (tertiary/aromatic N) is 4. The summed E-state index contributed by atoms with van der Waals surface area (Å²) in [5.74, 6) is 0. The zero-order valence-corrected chi connectivity index (χ0v) is 12.3. The lowest BCUT2D eigenvalue weighted by Gasteiger charge is -2.45. The van der Waals surface area contributed by atoms with Crippen LogP contribution < -0.4 is 0 Å². The number of aromatic nitrogens is 2. The predicted octanol–water partition coefficient (Wildman–Crippen LogP) is 3.03. The molecular formula is C14H24N4. The first kappa shape index (κ1) is 13.0. The number of hydrogen-bond acceptors (Lipinski definition) is 3. The number of rotatable bonds is 1. The maximum Gasteiger partial charge on any atom is 0.185 e. The summed E-state index contributed by atoms with van der Waals surface area (Å²) < 4.78 is 2.15. The van der Waals surface area contributed by atoms with E-state index in [1.807, 2.05) is 18.7 Å². The lowest BCUT2D eigenvalue weighted by atomic mass is 10.1. The van der Waals surface area contributed by atoms with Crippen molar-refractivity contribution >= 4 is 0 Å². The molecule has 1 aromatic heterocycles. The fourth-order valence-corrected chi connectivity index (χ4v) is 2.26. The van der Waals surface area contributed by atoms with Crippen LogP contribution >= 0.6 is 0 Å². The van der Waals surface area contributed by atoms with Gasteiger partial charge >= 0.3 is 0 Å². The third kappa shape index (κ3) is 2.24. The van der Waals surface area contributed by atoms with Crippen molar-refractivity contribution in [2.75, 3.05) is 0 Å². The van der Waals surface area contributed by atoms with E-state index in [1.165, 1.54) is 0 Å². The largest absolute Gasteiger partial charge is 0.334 e. The van der Waals surface area contributed by atoms with E-state index in [0.29, 0.717) is 0 Å². The number of hydrogen-bond donors (Lipinski definition) is 0. The van der Waals surface area contributed by atoms with Crippen LogP contribution in [0.3, 0.4) is 0 Å². The monoisotopic (exact) mass is 248 g/mol. The standard InChI is InChI=1S/C14H24N4/c1-13(2,3)17-9-10-18(14(4,5)6)12(17)16-8-7-15-11-16/h7-12H,1-6H3. The van der Waals surface area contributed by atoms with E-state index in [9.17, 15) is 0 Å². The lowest BCUT2D eigenvalue weighted by Crippen LogP contribution is -2.49. The van der Waals surface area contributed by atoms with E-state index < -0.39 is 0 Å². The lowest BCUT2D eigenvalue weighted by molar-refractivity contribution is -0.0158. The van der Waals surface area contributed by atoms with Gasteiger partial charge in [-0.25, -0.2) is 4.98 Å². The third-order valence-electron chi connectivity index (χ3n) is 3.23. The van der Waals surface area contributed by atoms with Crippen LogP contribution in [0.1, 0.15) is 47.8 Å². The van der Waals surface area contributed by atoms with Gasteiger partial charge in [0.15, 0.2) is 6.29 Å². The van der Waals surface area contributed by atoms with Crippen molar-refractivity contribution in [2.24, 2.45) is 0 Å². The van der Waals surface area contributed by atoms with E-state index in [0.717, 1.165) is 0 Å². The highest BCUT2D eigenvalue weighted by Crippen LogP contribution is 2.36. The highest BCUT2D eigenvalue weighted by Gasteiger charge is 2.38. The van der Waals surface area contributed by atoms with E-state index in [4.69, 9.17) is 0 Å². The minimum atomic E-state index is 0.0748. The van der Waals surface area contributed by atoms with Gasteiger partial charge in [0.2, 0.25) is 0 Å². The highest BCUT2D eigenvalue weighted by atomic mass is 15.5. The first-order valence-electron chi connectivity index (χ1n) is 6.44. The molecule has 0 unspecified atom stereocenters. The minimum absolute atomic E-state index is 0.0748. The second-order valence-electron chi connectivity index (χ2n) is 6.81. The average molecular weight is 248 g/mol. The Balaban J connectivity index is 2.39. The van der Waals surface area contributed by atoms with Crippen LogP contribution in [-0.4, -0.2) is 30.4 Å². The van der Waals surface area contributed by atoms with E-state index in [2.05, 4.69) is 73.3 Å². The summed E-state index contributed by atoms with van der Waals surface area (Å²) in [5.41, 5.74) is 0.150. The maximum atomic E-state index is 4.18. The SMILES string of the molecule is CC(C)(C)N1C=CN(C(C)(C)C)C1n1ccnc1. The molecule has 2 rings (SSSR count). The van der Waals surface area contributed by atoms with Gasteiger partial charge in [-0.05, 0) is 41.5 Å². The molecule has 1 aliphatic rings. The van der Waals surface area contributed by atoms with Gasteiger partial charge in [0.25, 0.3) is 0 Å². The Bertz CT molecular complexity index is 396. The molecule has 18 heavy (non-hydrogen) atoms. The summed E-state index contributed by atoms with van der Waals surface area (Å²) in [4.78, 5) is 8.90. The van der Waals surface area contributed by atoms with Gasteiger partial charge in [-0.2, -0.15) is 0 Å². The van der Waals surface area contributed by atoms with Crippen LogP contribution in [-0.2, 0) is 0 Å². The molecule has 1 aliphatic heterocycles. The van der Waals surface area contributed by atoms with Crippen LogP contribution in [0.15, 0.2) is 31.1 Å². The Morgan fingerprint density at radius 3 is 1.72 bits per heavy atom. The Labute approximate surface area is 110 Å². The summed E-state index contributed by atoms with van der Waals surface area (Å²) >= 11 is 0. The molecule has 4 nitrogen and oxygen atoms in total. The van der Waals surface area contributed by atoms with Crippen LogP contribution in [0.2, 0.25) is 0 Å². The molecule has 0 radical (unpaired) electrons. The molecule has 100 valence electrons. The van der Waals surface area contributed by atoms with Gasteiger partial charge in [-0.3, -0.25) is 4.57 Å². The molecule has 0 bridgehead atoms. The van der Waals surface area contributed by atoms with Gasteiger partial charge in [0, 0.05) is 35.9 Å². The van der Waals surface area contributed by atoms with Crippen LogP contribution in [0, 0.1) is 0 Å². The molecular weight excluding hydrogens is 224 g/mol. The summed E-state index contributed by atoms with van der Waals surface area (Å²) in [6, 6.07) is 0. The van der Waals surface area contributed by atoms with Gasteiger partial charge in [0.1, 0.15) is 0 Å². The van der Waals surface area contributed by atoms with Crippen molar-refractivity contribution in [1.82, 2.24) is 19.4 Å². The van der Waals surface area contributed by atoms with E-state index in [-0.39, 0.29) is 17.4 Å². The summed E-state index contributed by atoms with van der Waals surface area (Å²) in [5, 5.41) is 0. The van der Waals surface area contributed by atoms with E-state index in [1.54, 1.807) is 0 Å². The van der Waals surface area contributed by atoms with Crippen molar-refractivity contribution in [1.29, 1.82) is 0 Å². The molecule has 2 heterocycles. The number of imidazole rings is 1. The van der Waals surface area contributed by atoms with Crippen molar-refractivity contribution in [3.8, 4) is 0 Å². The molecule has 0 atom stereocenters. The summed E-state index contributed by atoms with van der Waals surface area (Å²) in [6.45, 7) is 13.4. The molecule has 0 N–H and O–H groups in total. The molecule has 0 aromatic carbocycles. The zero-order chi connectivity index (χ0) is 13.6. The molecule has 0 amide bonds. The average Bonchev–Trinajstić information content (AvgIpc) is 2.83. The first-order chi connectivity index (χ1) is 8.21. The van der Waals surface area contributed by atoms with E-state index >= 15 is 0 Å². The first-order valence-corrected chi connectivity index (χ1v) is 6.44. The quantitative estimate of drug-likeness (QED) is 0.763. The smallest absolute Gasteiger partial charge is 0.185 e. The van der Waals surface area contributed by atoms with Gasteiger partial charge in [-0.1, -0.05) is 0 Å². The highest BCUT2D eigenvalue weighted by molar-refractivity contribution is 5.04. The van der Waals surface area contributed by atoms with Gasteiger partial charge in [-0.15, -0.1) is 0 Å². The fourth-order valence-electron chi connectivity index (χ4n) is 2.26. The minimum Gasteiger partial charge on any atom is -0.334 e. The Hall–Kier alpha value is -1.45. The molecule has 4 heteroatoms. The van der Waals surface area contributed by atoms with Crippen molar-refractivity contribution in [2.45, 2.75) is 58.9 Å². The fraction of sp³-hybridized carbons (Fsp3) is 0.643. The molecule has 0 saturated carbocycles. The topological polar surface area (TPSA) is 24.3 Å². The Morgan fingerprint density at radius 2 is 1.39 bits per heavy atom. The van der Waals surface area contributed by atoms with Crippen molar-refractivity contribution in [3.63, 3.8) is 0 Å². The van der Waals surface area contributed by atoms with Gasteiger partial charge < -0.3 is 9.80 Å². The molecule has 0 aliphatic carbocycles. The van der Waals surface area contributed by atoms with Crippen LogP contribution in [0.4, 0.5) is 0 Å².